The Kier molecular flexibility index (Phi) is 4.33. The number of nitrogens with zero attached hydrogens (tertiary/aromatic N) is 4. The number of hydrogen-bond donors (Lipinski definition) is 1. The predicted molar refractivity (Wildman–Crippen MR) is 98.8 cm³/mol. The molecule has 0 aliphatic carbocycles. The summed E-state index contributed by atoms with van der Waals surface area (Å²) in [6.45, 7) is 6.20. The second-order valence-corrected chi connectivity index (χ2v) is 7.08. The van der Waals surface area contributed by atoms with Crippen LogP contribution in [0.2, 0.25) is 0 Å². The van der Waals surface area contributed by atoms with Crippen LogP contribution in [0.1, 0.15) is 65.4 Å². The van der Waals surface area contributed by atoms with Crippen LogP contribution < -0.4 is 5.56 Å². The van der Waals surface area contributed by atoms with Crippen LogP contribution in [0.3, 0.4) is 0 Å². The van der Waals surface area contributed by atoms with Crippen molar-refractivity contribution in [3.05, 3.63) is 50.9 Å². The maximum atomic E-state index is 13.0. The van der Waals surface area contributed by atoms with Crippen molar-refractivity contribution in [3.63, 3.8) is 0 Å². The van der Waals surface area contributed by atoms with Gasteiger partial charge in [-0.25, -0.2) is 9.50 Å². The summed E-state index contributed by atoms with van der Waals surface area (Å²) < 4.78 is 6.70. The van der Waals surface area contributed by atoms with Gasteiger partial charge in [-0.1, -0.05) is 12.1 Å². The van der Waals surface area contributed by atoms with E-state index in [-0.39, 0.29) is 23.3 Å². The number of carbonyl (C=O) groups excluding carboxylic acids is 1. The average molecular weight is 369 g/mol. The van der Waals surface area contributed by atoms with Crippen molar-refractivity contribution in [2.24, 2.45) is 0 Å². The third kappa shape index (κ3) is 2.94. The van der Waals surface area contributed by atoms with Crippen molar-refractivity contribution in [2.45, 2.75) is 52.5 Å². The fourth-order valence-electron chi connectivity index (χ4n) is 3.63. The highest BCUT2D eigenvalue weighted by Crippen LogP contribution is 2.31. The smallest absolute Gasteiger partial charge is 0.293 e. The van der Waals surface area contributed by atoms with Crippen LogP contribution in [0.25, 0.3) is 5.65 Å². The maximum Gasteiger partial charge on any atom is 0.293 e. The fraction of sp³-hybridized carbons (Fsp3) is 0.474. The zero-order chi connectivity index (χ0) is 19.1. The molecule has 0 aromatic carbocycles. The lowest BCUT2D eigenvalue weighted by molar-refractivity contribution is 0.0563. The van der Waals surface area contributed by atoms with Crippen LogP contribution >= 0.6 is 0 Å². The molecule has 0 spiro atoms. The molecule has 0 radical (unpaired) electrons. The Morgan fingerprint density at radius 2 is 2.15 bits per heavy atom. The van der Waals surface area contributed by atoms with Crippen LogP contribution in [0.5, 0.6) is 0 Å². The molecule has 4 heterocycles. The summed E-state index contributed by atoms with van der Waals surface area (Å²) in [5.41, 5.74) is 3.37. The lowest BCUT2D eigenvalue weighted by Crippen LogP contribution is -2.38. The van der Waals surface area contributed by atoms with Gasteiger partial charge in [0.05, 0.1) is 17.4 Å². The number of nitrogens with one attached hydrogen (secondary N) is 1. The van der Waals surface area contributed by atoms with E-state index in [1.807, 2.05) is 19.9 Å². The molecule has 1 fully saturated rings. The maximum absolute atomic E-state index is 13.0. The highest BCUT2D eigenvalue weighted by atomic mass is 16.5. The highest BCUT2D eigenvalue weighted by molar-refractivity contribution is 5.91. The van der Waals surface area contributed by atoms with E-state index in [2.05, 4.69) is 15.2 Å². The molecule has 1 atom stereocenters. The summed E-state index contributed by atoms with van der Waals surface area (Å²) in [6.07, 6.45) is 3.49. The number of H-pyrrole nitrogens is 1. The Bertz CT molecular complexity index is 1060. The number of aromatic nitrogens is 4. The van der Waals surface area contributed by atoms with E-state index in [9.17, 15) is 9.59 Å². The molecule has 1 aliphatic rings. The van der Waals surface area contributed by atoms with Gasteiger partial charge in [-0.05, 0) is 39.5 Å². The quantitative estimate of drug-likeness (QED) is 0.765. The van der Waals surface area contributed by atoms with E-state index in [1.54, 1.807) is 17.9 Å². The summed E-state index contributed by atoms with van der Waals surface area (Å²) in [5.74, 6) is 0.0927. The Balaban J connectivity index is 1.72. The van der Waals surface area contributed by atoms with Crippen LogP contribution in [0, 0.1) is 13.8 Å². The Morgan fingerprint density at radius 1 is 1.33 bits per heavy atom. The van der Waals surface area contributed by atoms with Crippen LogP contribution in [0.4, 0.5) is 0 Å². The second kappa shape index (κ2) is 6.68. The monoisotopic (exact) mass is 369 g/mol. The molecule has 8 nitrogen and oxygen atoms in total. The number of hydrogen-bond acceptors (Lipinski definition) is 5. The number of aryl methyl sites for hydroxylation is 2. The molecule has 1 amide bonds. The molecule has 3 aromatic rings. The van der Waals surface area contributed by atoms with E-state index in [0.717, 1.165) is 42.8 Å². The molecular formula is C19H23N5O3. The molecule has 1 saturated heterocycles. The van der Waals surface area contributed by atoms with E-state index >= 15 is 0 Å². The third-order valence-corrected chi connectivity index (χ3v) is 5.36. The average Bonchev–Trinajstić information content (AvgIpc) is 3.33. The van der Waals surface area contributed by atoms with Crippen molar-refractivity contribution in [1.82, 2.24) is 24.7 Å². The SMILES string of the molecule is CCc1cc(C(=O)N2CCCCC2c2cc3nc(C)c(C)c(=O)n3[nH]2)on1. The van der Waals surface area contributed by atoms with Gasteiger partial charge in [-0.3, -0.25) is 14.7 Å². The van der Waals surface area contributed by atoms with Crippen LogP contribution in [0.15, 0.2) is 21.5 Å². The van der Waals surface area contributed by atoms with Crippen LogP contribution in [-0.4, -0.2) is 37.1 Å². The lowest BCUT2D eigenvalue weighted by atomic mass is 9.99. The zero-order valence-electron chi connectivity index (χ0n) is 15.8. The first-order chi connectivity index (χ1) is 13.0. The predicted octanol–water partition coefficient (Wildman–Crippen LogP) is 2.56. The van der Waals surface area contributed by atoms with Gasteiger partial charge in [0.15, 0.2) is 5.65 Å². The highest BCUT2D eigenvalue weighted by Gasteiger charge is 2.32. The Hall–Kier alpha value is -2.90. The van der Waals surface area contributed by atoms with Gasteiger partial charge in [0.1, 0.15) is 0 Å². The Morgan fingerprint density at radius 3 is 2.89 bits per heavy atom. The van der Waals surface area contributed by atoms with Gasteiger partial charge >= 0.3 is 0 Å². The van der Waals surface area contributed by atoms with Crippen molar-refractivity contribution in [2.75, 3.05) is 6.54 Å². The van der Waals surface area contributed by atoms with E-state index in [4.69, 9.17) is 4.52 Å². The third-order valence-electron chi connectivity index (χ3n) is 5.36. The summed E-state index contributed by atoms with van der Waals surface area (Å²) >= 11 is 0. The molecular weight excluding hydrogens is 346 g/mol. The van der Waals surface area contributed by atoms with Gasteiger partial charge in [0, 0.05) is 29.9 Å². The molecule has 142 valence electrons. The first kappa shape index (κ1) is 17.5. The summed E-state index contributed by atoms with van der Waals surface area (Å²) in [4.78, 5) is 31.8. The van der Waals surface area contributed by atoms with E-state index in [0.29, 0.717) is 17.8 Å². The van der Waals surface area contributed by atoms with Crippen LogP contribution in [-0.2, 0) is 6.42 Å². The number of fused-ring (bicyclic) bond motifs is 1. The standard InChI is InChI=1S/C19H23N5O3/c1-4-13-9-16(27-22-13)19(26)23-8-6-5-7-15(23)14-10-17-20-12(3)11(2)18(25)24(17)21-14/h9-10,15,21H,4-8H2,1-3H3. The number of aromatic amines is 1. The minimum Gasteiger partial charge on any atom is -0.351 e. The molecule has 8 heteroatoms. The fourth-order valence-corrected chi connectivity index (χ4v) is 3.63. The van der Waals surface area contributed by atoms with Gasteiger partial charge in [-0.15, -0.1) is 0 Å². The molecule has 4 rings (SSSR count). The molecule has 1 N–H and O–H groups in total. The van der Waals surface area contributed by atoms with Crippen molar-refractivity contribution in [1.29, 1.82) is 0 Å². The first-order valence-corrected chi connectivity index (χ1v) is 9.35. The first-order valence-electron chi connectivity index (χ1n) is 9.35. The number of carbonyl (C=O) groups is 1. The van der Waals surface area contributed by atoms with Gasteiger partial charge in [0.2, 0.25) is 5.76 Å². The van der Waals surface area contributed by atoms with Crippen molar-refractivity contribution in [3.8, 4) is 0 Å². The topological polar surface area (TPSA) is 96.5 Å². The number of piperidine rings is 1. The minimum absolute atomic E-state index is 0.111. The molecule has 0 bridgehead atoms. The summed E-state index contributed by atoms with van der Waals surface area (Å²) in [7, 11) is 0. The Labute approximate surface area is 156 Å². The van der Waals surface area contributed by atoms with Gasteiger partial charge in [-0.2, -0.15) is 0 Å². The molecule has 1 unspecified atom stereocenters. The van der Waals surface area contributed by atoms with Crippen molar-refractivity contribution >= 4 is 11.6 Å². The number of likely N-dealkylation sites (tertiary alicyclic amines) is 1. The molecule has 1 aliphatic heterocycles. The summed E-state index contributed by atoms with van der Waals surface area (Å²) in [6, 6.07) is 3.42. The number of rotatable bonds is 3. The van der Waals surface area contributed by atoms with E-state index < -0.39 is 0 Å². The minimum atomic E-state index is -0.168. The largest absolute Gasteiger partial charge is 0.351 e. The van der Waals surface area contributed by atoms with Gasteiger partial charge in [0.25, 0.3) is 11.5 Å². The molecule has 3 aromatic heterocycles. The second-order valence-electron chi connectivity index (χ2n) is 7.08. The number of amides is 1. The molecule has 27 heavy (non-hydrogen) atoms. The van der Waals surface area contributed by atoms with Crippen molar-refractivity contribution < 1.29 is 9.32 Å². The summed E-state index contributed by atoms with van der Waals surface area (Å²) in [5, 5.41) is 7.08. The van der Waals surface area contributed by atoms with Gasteiger partial charge < -0.3 is 9.42 Å². The normalized spacial score (nSPS) is 17.6. The van der Waals surface area contributed by atoms with E-state index in [1.165, 1.54) is 4.52 Å². The lowest BCUT2D eigenvalue weighted by Gasteiger charge is -2.34. The zero-order valence-corrected chi connectivity index (χ0v) is 15.8. The molecule has 0 saturated carbocycles.